The van der Waals surface area contributed by atoms with Crippen LogP contribution in [0.2, 0.25) is 5.02 Å². The number of halogens is 1. The molecule has 27 heavy (non-hydrogen) atoms. The van der Waals surface area contributed by atoms with Crippen LogP contribution in [0.5, 0.6) is 0 Å². The van der Waals surface area contributed by atoms with Crippen LogP contribution >= 0.6 is 11.6 Å². The number of aliphatic hydroxyl groups is 1. The summed E-state index contributed by atoms with van der Waals surface area (Å²) >= 11 is 6.10. The minimum absolute atomic E-state index is 0.00885. The lowest BCUT2D eigenvalue weighted by Crippen LogP contribution is -2.31. The molecule has 0 saturated carbocycles. The second-order valence-corrected chi connectivity index (χ2v) is 6.43. The van der Waals surface area contributed by atoms with Crippen molar-refractivity contribution in [2.75, 3.05) is 4.90 Å². The lowest BCUT2D eigenvalue weighted by molar-refractivity contribution is -0.117. The first-order chi connectivity index (χ1) is 13.0. The van der Waals surface area contributed by atoms with Crippen LogP contribution in [0.3, 0.4) is 0 Å². The molecule has 7 nitrogen and oxygen atoms in total. The highest BCUT2D eigenvalue weighted by molar-refractivity contribution is 6.30. The predicted octanol–water partition coefficient (Wildman–Crippen LogP) is 4.01. The lowest BCUT2D eigenvalue weighted by atomic mass is 9.95. The van der Waals surface area contributed by atoms with E-state index in [1.807, 2.05) is 0 Å². The number of furan rings is 1. The molecule has 3 aromatic rings. The van der Waals surface area contributed by atoms with Crippen molar-refractivity contribution in [1.29, 1.82) is 0 Å². The second kappa shape index (κ2) is 6.44. The largest absolute Gasteiger partial charge is 0.503 e. The summed E-state index contributed by atoms with van der Waals surface area (Å²) in [4.78, 5) is 26.9. The third-order valence-corrected chi connectivity index (χ3v) is 4.46. The SMILES string of the molecule is Cc1cc(N2C(=O)C(O)=C(C(=O)c3ccco3)[C@@H]2c2cccc(Cl)c2)no1. The fourth-order valence-electron chi connectivity index (χ4n) is 3.07. The number of aliphatic hydroxyl groups excluding tert-OH is 1. The van der Waals surface area contributed by atoms with Gasteiger partial charge in [-0.1, -0.05) is 28.9 Å². The molecule has 2 aromatic heterocycles. The first-order valence-corrected chi connectivity index (χ1v) is 8.39. The van der Waals surface area contributed by atoms with Gasteiger partial charge in [-0.2, -0.15) is 0 Å². The Hall–Kier alpha value is -3.32. The van der Waals surface area contributed by atoms with Crippen molar-refractivity contribution < 1.29 is 23.6 Å². The molecule has 0 saturated heterocycles. The van der Waals surface area contributed by atoms with Crippen molar-refractivity contribution in [2.45, 2.75) is 13.0 Å². The molecule has 136 valence electrons. The highest BCUT2D eigenvalue weighted by Crippen LogP contribution is 2.42. The Labute approximate surface area is 158 Å². The van der Waals surface area contributed by atoms with Crippen molar-refractivity contribution in [3.8, 4) is 0 Å². The molecule has 0 spiro atoms. The maximum absolute atomic E-state index is 12.9. The molecule has 1 aromatic carbocycles. The zero-order chi connectivity index (χ0) is 19.1. The van der Waals surface area contributed by atoms with Gasteiger partial charge in [0, 0.05) is 11.1 Å². The van der Waals surface area contributed by atoms with Gasteiger partial charge in [0.05, 0.1) is 17.9 Å². The van der Waals surface area contributed by atoms with Crippen LogP contribution in [0.4, 0.5) is 5.82 Å². The van der Waals surface area contributed by atoms with Gasteiger partial charge in [0.15, 0.2) is 17.3 Å². The van der Waals surface area contributed by atoms with Gasteiger partial charge in [0.2, 0.25) is 5.78 Å². The number of aryl methyl sites for hydroxylation is 1. The van der Waals surface area contributed by atoms with E-state index in [1.54, 1.807) is 43.3 Å². The van der Waals surface area contributed by atoms with Gasteiger partial charge in [0.25, 0.3) is 5.91 Å². The van der Waals surface area contributed by atoms with Crippen LogP contribution in [0.15, 0.2) is 69.0 Å². The van der Waals surface area contributed by atoms with Gasteiger partial charge in [-0.05, 0) is 36.8 Å². The number of aromatic nitrogens is 1. The third kappa shape index (κ3) is 2.82. The van der Waals surface area contributed by atoms with Gasteiger partial charge in [-0.15, -0.1) is 0 Å². The van der Waals surface area contributed by atoms with E-state index in [9.17, 15) is 14.7 Å². The zero-order valence-electron chi connectivity index (χ0n) is 14.0. The van der Waals surface area contributed by atoms with E-state index in [0.717, 1.165) is 0 Å². The molecule has 1 N–H and O–H groups in total. The molecule has 1 amide bonds. The van der Waals surface area contributed by atoms with E-state index in [1.165, 1.54) is 17.2 Å². The van der Waals surface area contributed by atoms with Crippen molar-refractivity contribution in [1.82, 2.24) is 5.16 Å². The number of anilines is 1. The average molecular weight is 385 g/mol. The van der Waals surface area contributed by atoms with Gasteiger partial charge in [-0.3, -0.25) is 14.5 Å². The topological polar surface area (TPSA) is 96.8 Å². The lowest BCUT2D eigenvalue weighted by Gasteiger charge is -2.24. The highest BCUT2D eigenvalue weighted by atomic mass is 35.5. The Morgan fingerprint density at radius 2 is 2.07 bits per heavy atom. The molecule has 0 radical (unpaired) electrons. The van der Waals surface area contributed by atoms with E-state index >= 15 is 0 Å². The van der Waals surface area contributed by atoms with Crippen LogP contribution in [0.25, 0.3) is 0 Å². The summed E-state index contributed by atoms with van der Waals surface area (Å²) in [5.41, 5.74) is 0.424. The molecule has 1 aliphatic heterocycles. The quantitative estimate of drug-likeness (QED) is 0.682. The van der Waals surface area contributed by atoms with E-state index in [-0.39, 0.29) is 17.2 Å². The number of carbonyl (C=O) groups excluding carboxylic acids is 2. The summed E-state index contributed by atoms with van der Waals surface area (Å²) in [5, 5.41) is 14.8. The van der Waals surface area contributed by atoms with Crippen LogP contribution in [-0.4, -0.2) is 22.0 Å². The standard InChI is InChI=1S/C19H13ClN2O5/c1-10-8-14(21-27-10)22-16(11-4-2-5-12(20)9-11)15(18(24)19(22)25)17(23)13-6-3-7-26-13/h2-9,16,24H,1H3/t16-/m0/s1. The van der Waals surface area contributed by atoms with E-state index in [2.05, 4.69) is 5.16 Å². The highest BCUT2D eigenvalue weighted by Gasteiger charge is 2.46. The van der Waals surface area contributed by atoms with Gasteiger partial charge >= 0.3 is 0 Å². The van der Waals surface area contributed by atoms with E-state index < -0.39 is 23.5 Å². The van der Waals surface area contributed by atoms with E-state index in [4.69, 9.17) is 20.5 Å². The van der Waals surface area contributed by atoms with E-state index in [0.29, 0.717) is 16.3 Å². The summed E-state index contributed by atoms with van der Waals surface area (Å²) in [5.74, 6) is -1.36. The molecule has 1 atom stereocenters. The Balaban J connectivity index is 1.89. The Morgan fingerprint density at radius 1 is 1.26 bits per heavy atom. The number of ketones is 1. The summed E-state index contributed by atoms with van der Waals surface area (Å²) in [7, 11) is 0. The monoisotopic (exact) mass is 384 g/mol. The zero-order valence-corrected chi connectivity index (χ0v) is 14.8. The molecular formula is C19H13ClN2O5. The maximum atomic E-state index is 12.9. The first kappa shape index (κ1) is 17.1. The average Bonchev–Trinajstić information content (AvgIpc) is 3.36. The number of hydrogen-bond donors (Lipinski definition) is 1. The number of nitrogens with zero attached hydrogens (tertiary/aromatic N) is 2. The molecule has 0 aliphatic carbocycles. The minimum Gasteiger partial charge on any atom is -0.503 e. The van der Waals surface area contributed by atoms with Crippen molar-refractivity contribution >= 4 is 29.1 Å². The molecule has 3 heterocycles. The Bertz CT molecular complexity index is 1070. The van der Waals surface area contributed by atoms with Crippen LogP contribution in [0, 0.1) is 6.92 Å². The molecule has 8 heteroatoms. The Morgan fingerprint density at radius 3 is 2.70 bits per heavy atom. The molecule has 4 rings (SSSR count). The predicted molar refractivity (Wildman–Crippen MR) is 95.6 cm³/mol. The third-order valence-electron chi connectivity index (χ3n) is 4.22. The van der Waals surface area contributed by atoms with Gasteiger partial charge < -0.3 is 14.0 Å². The van der Waals surface area contributed by atoms with Crippen LogP contribution < -0.4 is 4.90 Å². The number of Topliss-reactive ketones (excluding diaryl/α,β-unsaturated/α-hetero) is 1. The molecule has 0 unspecified atom stereocenters. The molecule has 0 fully saturated rings. The van der Waals surface area contributed by atoms with Gasteiger partial charge in [-0.25, -0.2) is 0 Å². The molecule has 0 bridgehead atoms. The fraction of sp³-hybridized carbons (Fsp3) is 0.105. The van der Waals surface area contributed by atoms with Gasteiger partial charge in [0.1, 0.15) is 5.76 Å². The van der Waals surface area contributed by atoms with Crippen LogP contribution in [-0.2, 0) is 4.79 Å². The smallest absolute Gasteiger partial charge is 0.295 e. The second-order valence-electron chi connectivity index (χ2n) is 6.00. The van der Waals surface area contributed by atoms with Crippen molar-refractivity contribution in [3.05, 3.63) is 82.2 Å². The number of amides is 1. The number of hydrogen-bond acceptors (Lipinski definition) is 6. The summed E-state index contributed by atoms with van der Waals surface area (Å²) in [6.45, 7) is 1.67. The summed E-state index contributed by atoms with van der Waals surface area (Å²) < 4.78 is 10.2. The maximum Gasteiger partial charge on any atom is 0.295 e. The number of benzene rings is 1. The first-order valence-electron chi connectivity index (χ1n) is 8.01. The fourth-order valence-corrected chi connectivity index (χ4v) is 3.27. The number of rotatable bonds is 4. The van der Waals surface area contributed by atoms with Crippen molar-refractivity contribution in [2.24, 2.45) is 0 Å². The van der Waals surface area contributed by atoms with Crippen molar-refractivity contribution in [3.63, 3.8) is 0 Å². The van der Waals surface area contributed by atoms with Crippen LogP contribution in [0.1, 0.15) is 27.9 Å². The summed E-state index contributed by atoms with van der Waals surface area (Å²) in [6, 6.07) is 10.3. The molecular weight excluding hydrogens is 372 g/mol. The normalized spacial score (nSPS) is 17.0. The summed E-state index contributed by atoms with van der Waals surface area (Å²) in [6.07, 6.45) is 1.34. The molecule has 1 aliphatic rings. The minimum atomic E-state index is -0.932. The number of carbonyl (C=O) groups is 2. The Kier molecular flexibility index (Phi) is 4.08.